The number of amidine groups is 1. The summed E-state index contributed by atoms with van der Waals surface area (Å²) in [5, 5.41) is 4.81. The van der Waals surface area contributed by atoms with Crippen LogP contribution >= 0.6 is 23.1 Å². The van der Waals surface area contributed by atoms with Crippen molar-refractivity contribution in [2.75, 3.05) is 19.0 Å². The number of nitrogens with one attached hydrogen (secondary N) is 1. The summed E-state index contributed by atoms with van der Waals surface area (Å²) in [4.78, 5) is 33.7. The number of rotatable bonds is 9. The lowest BCUT2D eigenvalue weighted by Crippen LogP contribution is -2.44. The Labute approximate surface area is 213 Å². The van der Waals surface area contributed by atoms with Gasteiger partial charge in [0.1, 0.15) is 16.7 Å². The Morgan fingerprint density at radius 1 is 1.11 bits per heavy atom. The summed E-state index contributed by atoms with van der Waals surface area (Å²) in [5.74, 6) is 1.11. The normalized spacial score (nSPS) is 16.9. The number of nitrogens with zero attached hydrogens (tertiary/aromatic N) is 2. The zero-order valence-corrected chi connectivity index (χ0v) is 21.2. The minimum Gasteiger partial charge on any atom is -0.497 e. The Balaban J connectivity index is 1.51. The molecule has 2 amide bonds. The molecule has 1 fully saturated rings. The Hall–Kier alpha value is -3.30. The Morgan fingerprint density at radius 3 is 2.51 bits per heavy atom. The Kier molecular flexibility index (Phi) is 8.44. The molecule has 0 bridgehead atoms. The molecule has 2 aromatic carbocycles. The molecule has 0 spiro atoms. The van der Waals surface area contributed by atoms with Gasteiger partial charge in [-0.05, 0) is 66.4 Å². The Morgan fingerprint density at radius 2 is 1.86 bits per heavy atom. The van der Waals surface area contributed by atoms with E-state index in [1.807, 2.05) is 60.8 Å². The molecule has 0 unspecified atom stereocenters. The van der Waals surface area contributed by atoms with Crippen LogP contribution in [0.3, 0.4) is 0 Å². The van der Waals surface area contributed by atoms with Crippen LogP contribution in [0.5, 0.6) is 11.5 Å². The second kappa shape index (κ2) is 11.9. The van der Waals surface area contributed by atoms with E-state index in [9.17, 15) is 9.59 Å². The topological polar surface area (TPSA) is 80.2 Å². The van der Waals surface area contributed by atoms with Gasteiger partial charge < -0.3 is 14.8 Å². The van der Waals surface area contributed by atoms with Gasteiger partial charge >= 0.3 is 0 Å². The minimum atomic E-state index is -0.588. The summed E-state index contributed by atoms with van der Waals surface area (Å²) >= 11 is 2.89. The zero-order chi connectivity index (χ0) is 24.6. The molecule has 0 aliphatic carbocycles. The molecule has 35 heavy (non-hydrogen) atoms. The van der Waals surface area contributed by atoms with Gasteiger partial charge in [0, 0.05) is 17.0 Å². The van der Waals surface area contributed by atoms with E-state index in [1.165, 1.54) is 11.8 Å². The van der Waals surface area contributed by atoms with Crippen molar-refractivity contribution in [2.45, 2.75) is 31.6 Å². The molecule has 2 heterocycles. The number of methoxy groups -OCH3 is 1. The third-order valence-corrected chi connectivity index (χ3v) is 7.27. The molecule has 9 heteroatoms. The van der Waals surface area contributed by atoms with Gasteiger partial charge in [0.15, 0.2) is 5.17 Å². The SMILES string of the molecule is CCCOc1ccc(NC(=O)[C@@H]2CC(=O)N(Cc3cccs3)C(=Nc3ccc(OC)cc3)S2)cc1. The molecule has 1 aromatic heterocycles. The fraction of sp³-hybridized carbons (Fsp3) is 0.269. The number of aliphatic imine (C=N–C) groups is 1. The lowest BCUT2D eigenvalue weighted by molar-refractivity contribution is -0.129. The molecule has 1 saturated heterocycles. The number of thioether (sulfide) groups is 1. The highest BCUT2D eigenvalue weighted by molar-refractivity contribution is 8.15. The van der Waals surface area contributed by atoms with Crippen molar-refractivity contribution in [2.24, 2.45) is 4.99 Å². The van der Waals surface area contributed by atoms with Gasteiger partial charge in [-0.1, -0.05) is 24.8 Å². The van der Waals surface area contributed by atoms with Crippen LogP contribution in [0.4, 0.5) is 11.4 Å². The van der Waals surface area contributed by atoms with Crippen LogP contribution in [0.25, 0.3) is 0 Å². The van der Waals surface area contributed by atoms with Crippen LogP contribution in [0.15, 0.2) is 71.0 Å². The van der Waals surface area contributed by atoms with Gasteiger partial charge in [-0.25, -0.2) is 4.99 Å². The number of carbonyl (C=O) groups is 2. The summed E-state index contributed by atoms with van der Waals surface area (Å²) < 4.78 is 10.8. The quantitative estimate of drug-likeness (QED) is 0.400. The second-order valence-corrected chi connectivity index (χ2v) is 10.0. The smallest absolute Gasteiger partial charge is 0.238 e. The van der Waals surface area contributed by atoms with E-state index in [0.717, 1.165) is 22.8 Å². The van der Waals surface area contributed by atoms with Gasteiger partial charge in [-0.3, -0.25) is 14.5 Å². The van der Waals surface area contributed by atoms with Crippen molar-refractivity contribution < 1.29 is 19.1 Å². The first kappa shape index (κ1) is 24.8. The average Bonchev–Trinajstić information content (AvgIpc) is 3.39. The number of ether oxygens (including phenoxy) is 2. The number of thiophene rings is 1. The Bertz CT molecular complexity index is 1160. The first-order valence-electron chi connectivity index (χ1n) is 11.3. The van der Waals surface area contributed by atoms with E-state index < -0.39 is 5.25 Å². The summed E-state index contributed by atoms with van der Waals surface area (Å²) in [7, 11) is 1.61. The standard InChI is InChI=1S/C26H27N3O4S2/c1-3-14-33-21-12-8-18(9-13-21)27-25(31)23-16-24(30)29(17-22-5-4-15-34-22)26(35-23)28-19-6-10-20(32-2)11-7-19/h4-13,15,23H,3,14,16-17H2,1-2H3,(H,27,31)/t23-/m0/s1. The largest absolute Gasteiger partial charge is 0.497 e. The lowest BCUT2D eigenvalue weighted by Gasteiger charge is -2.31. The van der Waals surface area contributed by atoms with E-state index in [4.69, 9.17) is 14.5 Å². The van der Waals surface area contributed by atoms with Gasteiger partial charge in [-0.2, -0.15) is 0 Å². The molecule has 1 aliphatic rings. The molecule has 0 saturated carbocycles. The number of carbonyl (C=O) groups excluding carboxylic acids is 2. The predicted molar refractivity (Wildman–Crippen MR) is 142 cm³/mol. The highest BCUT2D eigenvalue weighted by atomic mass is 32.2. The number of hydrogen-bond donors (Lipinski definition) is 1. The molecule has 7 nitrogen and oxygen atoms in total. The highest BCUT2D eigenvalue weighted by Crippen LogP contribution is 2.32. The monoisotopic (exact) mass is 509 g/mol. The second-order valence-electron chi connectivity index (χ2n) is 7.82. The molecule has 3 aromatic rings. The molecule has 182 valence electrons. The first-order chi connectivity index (χ1) is 17.1. The van der Waals surface area contributed by atoms with Crippen LogP contribution in [-0.4, -0.2) is 40.8 Å². The van der Waals surface area contributed by atoms with Crippen LogP contribution in [0.1, 0.15) is 24.6 Å². The van der Waals surface area contributed by atoms with Gasteiger partial charge in [-0.15, -0.1) is 11.3 Å². The first-order valence-corrected chi connectivity index (χ1v) is 13.1. The van der Waals surface area contributed by atoms with E-state index >= 15 is 0 Å². The maximum atomic E-state index is 13.2. The summed E-state index contributed by atoms with van der Waals surface area (Å²) in [6.07, 6.45) is 1.02. The zero-order valence-electron chi connectivity index (χ0n) is 19.6. The van der Waals surface area contributed by atoms with Crippen LogP contribution in [0, 0.1) is 0 Å². The summed E-state index contributed by atoms with van der Waals surface area (Å²) in [6.45, 7) is 3.11. The van der Waals surface area contributed by atoms with Gasteiger partial charge in [0.2, 0.25) is 11.8 Å². The molecule has 1 atom stereocenters. The third-order valence-electron chi connectivity index (χ3n) is 5.22. The number of benzene rings is 2. The predicted octanol–water partition coefficient (Wildman–Crippen LogP) is 5.71. The number of amides is 2. The summed E-state index contributed by atoms with van der Waals surface area (Å²) in [6, 6.07) is 18.5. The maximum Gasteiger partial charge on any atom is 0.238 e. The van der Waals surface area contributed by atoms with Crippen molar-refractivity contribution in [1.82, 2.24) is 4.90 Å². The number of anilines is 1. The van der Waals surface area contributed by atoms with Crippen molar-refractivity contribution >= 4 is 51.5 Å². The molecule has 0 radical (unpaired) electrons. The third kappa shape index (κ3) is 6.64. The van der Waals surface area contributed by atoms with Crippen LogP contribution < -0.4 is 14.8 Å². The van der Waals surface area contributed by atoms with Gasteiger partial charge in [0.05, 0.1) is 25.9 Å². The van der Waals surface area contributed by atoms with Crippen molar-refractivity contribution in [1.29, 1.82) is 0 Å². The van der Waals surface area contributed by atoms with Crippen molar-refractivity contribution in [3.63, 3.8) is 0 Å². The van der Waals surface area contributed by atoms with E-state index in [0.29, 0.717) is 29.7 Å². The molecule has 1 aliphatic heterocycles. The minimum absolute atomic E-state index is 0.0984. The molecule has 4 rings (SSSR count). The molecular formula is C26H27N3O4S2. The lowest BCUT2D eigenvalue weighted by atomic mass is 10.2. The van der Waals surface area contributed by atoms with E-state index in [1.54, 1.807) is 35.5 Å². The van der Waals surface area contributed by atoms with Crippen molar-refractivity contribution in [3.05, 3.63) is 70.9 Å². The fourth-order valence-corrected chi connectivity index (χ4v) is 5.19. The van der Waals surface area contributed by atoms with E-state index in [2.05, 4.69) is 5.32 Å². The molecular weight excluding hydrogens is 482 g/mol. The average molecular weight is 510 g/mol. The number of hydrogen-bond acceptors (Lipinski definition) is 7. The van der Waals surface area contributed by atoms with Crippen LogP contribution in [0.2, 0.25) is 0 Å². The maximum absolute atomic E-state index is 13.2. The highest BCUT2D eigenvalue weighted by Gasteiger charge is 2.36. The van der Waals surface area contributed by atoms with Crippen LogP contribution in [-0.2, 0) is 16.1 Å². The van der Waals surface area contributed by atoms with E-state index in [-0.39, 0.29) is 18.2 Å². The fourth-order valence-electron chi connectivity index (χ4n) is 3.40. The van der Waals surface area contributed by atoms with Gasteiger partial charge in [0.25, 0.3) is 0 Å². The summed E-state index contributed by atoms with van der Waals surface area (Å²) in [5.41, 5.74) is 1.34. The molecule has 1 N–H and O–H groups in total. The van der Waals surface area contributed by atoms with Crippen molar-refractivity contribution in [3.8, 4) is 11.5 Å².